The van der Waals surface area contributed by atoms with E-state index in [9.17, 15) is 9.59 Å². The van der Waals surface area contributed by atoms with Crippen LogP contribution in [0.15, 0.2) is 23.6 Å². The van der Waals surface area contributed by atoms with Crippen molar-refractivity contribution in [3.05, 3.63) is 66.8 Å². The summed E-state index contributed by atoms with van der Waals surface area (Å²) in [5.74, 6) is -0.202. The number of benzene rings is 1. The van der Waals surface area contributed by atoms with Gasteiger partial charge in [0.2, 0.25) is 0 Å². The maximum absolute atomic E-state index is 13.4. The molecule has 0 bridgehead atoms. The minimum Gasteiger partial charge on any atom is -0.331 e. The Morgan fingerprint density at radius 2 is 2.06 bits per heavy atom. The van der Waals surface area contributed by atoms with Crippen molar-refractivity contribution in [2.75, 3.05) is 6.54 Å². The fourth-order valence-electron chi connectivity index (χ4n) is 4.36. The van der Waals surface area contributed by atoms with Crippen LogP contribution in [-0.4, -0.2) is 49.0 Å². The lowest BCUT2D eigenvalue weighted by Gasteiger charge is -2.34. The number of carbonyl (C=O) groups is 2. The quantitative estimate of drug-likeness (QED) is 0.552. The van der Waals surface area contributed by atoms with E-state index in [0.29, 0.717) is 53.9 Å². The first-order chi connectivity index (χ1) is 15.3. The van der Waals surface area contributed by atoms with Crippen LogP contribution in [0.4, 0.5) is 0 Å². The van der Waals surface area contributed by atoms with E-state index in [1.54, 1.807) is 39.1 Å². The summed E-state index contributed by atoms with van der Waals surface area (Å²) in [5, 5.41) is 8.43. The summed E-state index contributed by atoms with van der Waals surface area (Å²) >= 11 is 13.7. The molecule has 0 spiro atoms. The van der Waals surface area contributed by atoms with Gasteiger partial charge >= 0.3 is 0 Å². The smallest absolute Gasteiger partial charge is 0.272 e. The Balaban J connectivity index is 1.43. The molecule has 32 heavy (non-hydrogen) atoms. The van der Waals surface area contributed by atoms with Gasteiger partial charge in [-0.3, -0.25) is 14.3 Å². The second-order valence-corrected chi connectivity index (χ2v) is 10.1. The highest BCUT2D eigenvalue weighted by Crippen LogP contribution is 2.31. The van der Waals surface area contributed by atoms with Gasteiger partial charge in [0.25, 0.3) is 11.8 Å². The second kappa shape index (κ2) is 8.17. The van der Waals surface area contributed by atoms with Crippen LogP contribution in [0, 0.1) is 6.92 Å². The van der Waals surface area contributed by atoms with E-state index in [-0.39, 0.29) is 17.9 Å². The molecule has 7 nitrogen and oxygen atoms in total. The number of hydrogen-bond donors (Lipinski definition) is 0. The summed E-state index contributed by atoms with van der Waals surface area (Å²) in [6, 6.07) is 4.84. The van der Waals surface area contributed by atoms with Crippen LogP contribution in [0.25, 0.3) is 0 Å². The molecule has 0 N–H and O–H groups in total. The summed E-state index contributed by atoms with van der Waals surface area (Å²) in [6.45, 7) is 5.98. The van der Waals surface area contributed by atoms with Crippen molar-refractivity contribution in [1.29, 1.82) is 0 Å². The highest BCUT2D eigenvalue weighted by molar-refractivity contribution is 7.09. The molecular weight excluding hydrogens is 469 g/mol. The maximum Gasteiger partial charge on any atom is 0.272 e. The van der Waals surface area contributed by atoms with E-state index in [1.807, 2.05) is 24.1 Å². The van der Waals surface area contributed by atoms with Gasteiger partial charge in [-0.1, -0.05) is 23.2 Å². The van der Waals surface area contributed by atoms with E-state index in [4.69, 9.17) is 28.3 Å². The van der Waals surface area contributed by atoms with Gasteiger partial charge in [-0.15, -0.1) is 11.3 Å². The van der Waals surface area contributed by atoms with Crippen LogP contribution >= 0.6 is 34.5 Å². The zero-order valence-electron chi connectivity index (χ0n) is 17.6. The Morgan fingerprint density at radius 3 is 2.78 bits per heavy atom. The molecule has 2 amide bonds. The molecule has 0 aliphatic carbocycles. The topological polar surface area (TPSA) is 71.3 Å². The summed E-state index contributed by atoms with van der Waals surface area (Å²) in [4.78, 5) is 34.7. The van der Waals surface area contributed by atoms with Crippen molar-refractivity contribution >= 4 is 46.4 Å². The number of carbonyl (C=O) groups excluding carboxylic acids is 2. The van der Waals surface area contributed by atoms with E-state index in [2.05, 4.69) is 4.98 Å². The third-order valence-electron chi connectivity index (χ3n) is 6.00. The molecule has 0 saturated carbocycles. The van der Waals surface area contributed by atoms with Gasteiger partial charge in [-0.05, 0) is 32.0 Å². The highest BCUT2D eigenvalue weighted by Gasteiger charge is 2.37. The van der Waals surface area contributed by atoms with Crippen LogP contribution in [0.3, 0.4) is 0 Å². The van der Waals surface area contributed by atoms with Crippen molar-refractivity contribution in [3.8, 4) is 0 Å². The molecule has 3 aromatic rings. The van der Waals surface area contributed by atoms with Crippen molar-refractivity contribution in [2.24, 2.45) is 0 Å². The maximum atomic E-state index is 13.4. The van der Waals surface area contributed by atoms with E-state index < -0.39 is 0 Å². The molecule has 0 saturated heterocycles. The summed E-state index contributed by atoms with van der Waals surface area (Å²) in [5.41, 5.74) is 3.68. The number of hydrogen-bond acceptors (Lipinski definition) is 5. The van der Waals surface area contributed by atoms with E-state index in [0.717, 1.165) is 22.0 Å². The first-order valence-corrected chi connectivity index (χ1v) is 12.0. The average Bonchev–Trinajstić information content (AvgIpc) is 3.33. The predicted molar refractivity (Wildman–Crippen MR) is 123 cm³/mol. The number of fused-ring (bicyclic) bond motifs is 3. The molecule has 0 unspecified atom stereocenters. The predicted octanol–water partition coefficient (Wildman–Crippen LogP) is 4.20. The molecule has 10 heteroatoms. The lowest BCUT2D eigenvalue weighted by molar-refractivity contribution is 0.0636. The Morgan fingerprint density at radius 1 is 1.25 bits per heavy atom. The molecule has 5 rings (SSSR count). The van der Waals surface area contributed by atoms with Gasteiger partial charge in [0.1, 0.15) is 5.69 Å². The molecule has 2 aliphatic heterocycles. The van der Waals surface area contributed by atoms with Gasteiger partial charge in [-0.2, -0.15) is 5.10 Å². The normalized spacial score (nSPS) is 18.0. The van der Waals surface area contributed by atoms with E-state index >= 15 is 0 Å². The number of aryl methyl sites for hydroxylation is 1. The van der Waals surface area contributed by atoms with Crippen molar-refractivity contribution in [1.82, 2.24) is 24.6 Å². The minimum atomic E-state index is -0.139. The van der Waals surface area contributed by atoms with Gasteiger partial charge in [0, 0.05) is 35.5 Å². The summed E-state index contributed by atoms with van der Waals surface area (Å²) < 4.78 is 1.80. The standard InChI is InChI=1S/C22H21Cl2N5O2S/c1-12-7-19-16(10-28(12)21(30)14-3-4-17(23)18(24)8-14)20-22(31)27(5-6-29(20)26-19)9-15-11-32-13(2)25-15/h3-4,8,11-12H,5-7,9-10H2,1-2H3/t12-/m1/s1. The van der Waals surface area contributed by atoms with Gasteiger partial charge < -0.3 is 9.80 Å². The van der Waals surface area contributed by atoms with Crippen molar-refractivity contribution < 1.29 is 9.59 Å². The van der Waals surface area contributed by atoms with Crippen LogP contribution < -0.4 is 0 Å². The molecule has 0 fully saturated rings. The van der Waals surface area contributed by atoms with Crippen LogP contribution in [0.5, 0.6) is 0 Å². The van der Waals surface area contributed by atoms with Crippen molar-refractivity contribution in [3.63, 3.8) is 0 Å². The van der Waals surface area contributed by atoms with Crippen LogP contribution in [0.1, 0.15) is 49.7 Å². The Hall–Kier alpha value is -2.42. The fourth-order valence-corrected chi connectivity index (χ4v) is 5.26. The molecule has 4 heterocycles. The number of thiazole rings is 1. The van der Waals surface area contributed by atoms with Crippen molar-refractivity contribution in [2.45, 2.75) is 45.9 Å². The lowest BCUT2D eigenvalue weighted by Crippen LogP contribution is -2.44. The lowest BCUT2D eigenvalue weighted by atomic mass is 9.97. The average molecular weight is 490 g/mol. The molecule has 1 aromatic carbocycles. The number of rotatable bonds is 3. The largest absolute Gasteiger partial charge is 0.331 e. The SMILES string of the molecule is Cc1nc(CN2CCn3nc4c(c3C2=O)CN(C(=O)c2ccc(Cl)c(Cl)c2)[C@H](C)C4)cs1. The zero-order chi connectivity index (χ0) is 22.6. The van der Waals surface area contributed by atoms with E-state index in [1.165, 1.54) is 0 Å². The first kappa shape index (κ1) is 21.4. The molecular formula is C22H21Cl2N5O2S. The third kappa shape index (κ3) is 3.70. The van der Waals surface area contributed by atoms with Crippen LogP contribution in [0.2, 0.25) is 10.0 Å². The van der Waals surface area contributed by atoms with Crippen LogP contribution in [-0.2, 0) is 26.1 Å². The molecule has 166 valence electrons. The second-order valence-electron chi connectivity index (χ2n) is 8.20. The molecule has 2 aliphatic rings. The Kier molecular flexibility index (Phi) is 5.47. The third-order valence-corrected chi connectivity index (χ3v) is 7.56. The summed E-state index contributed by atoms with van der Waals surface area (Å²) in [7, 11) is 0. The number of halogens is 2. The summed E-state index contributed by atoms with van der Waals surface area (Å²) in [6.07, 6.45) is 0.598. The zero-order valence-corrected chi connectivity index (χ0v) is 20.0. The van der Waals surface area contributed by atoms with Gasteiger partial charge in [0.05, 0.1) is 46.1 Å². The van der Waals surface area contributed by atoms with Gasteiger partial charge in [0.15, 0.2) is 0 Å². The Labute approximate surface area is 199 Å². The number of aromatic nitrogens is 3. The minimum absolute atomic E-state index is 0.0504. The van der Waals surface area contributed by atoms with Gasteiger partial charge in [-0.25, -0.2) is 4.98 Å². The highest BCUT2D eigenvalue weighted by atomic mass is 35.5. The Bertz CT molecular complexity index is 1240. The number of nitrogens with zero attached hydrogens (tertiary/aromatic N) is 5. The molecule has 1 atom stereocenters. The molecule has 0 radical (unpaired) electrons. The fraction of sp³-hybridized carbons (Fsp3) is 0.364. The monoisotopic (exact) mass is 489 g/mol. The first-order valence-electron chi connectivity index (χ1n) is 10.4. The molecule has 2 aromatic heterocycles. The number of amides is 2.